The van der Waals surface area contributed by atoms with Crippen molar-refractivity contribution in [3.8, 4) is 0 Å². The van der Waals surface area contributed by atoms with Crippen LogP contribution in [0.15, 0.2) is 24.3 Å². The molecular formula is C14H18N2O4S. The Morgan fingerprint density at radius 2 is 2.05 bits per heavy atom. The molecule has 1 atom stereocenters. The van der Waals surface area contributed by atoms with Crippen molar-refractivity contribution in [1.82, 2.24) is 5.32 Å². The third-order valence-corrected chi connectivity index (χ3v) is 3.53. The van der Waals surface area contributed by atoms with Crippen LogP contribution >= 0.6 is 11.8 Å². The van der Waals surface area contributed by atoms with Crippen LogP contribution in [-0.4, -0.2) is 40.4 Å². The van der Waals surface area contributed by atoms with E-state index in [1.165, 1.54) is 6.92 Å². The second kappa shape index (κ2) is 8.31. The summed E-state index contributed by atoms with van der Waals surface area (Å²) in [6, 6.07) is 6.41. The number of anilines is 1. The van der Waals surface area contributed by atoms with E-state index in [1.54, 1.807) is 6.07 Å². The van der Waals surface area contributed by atoms with Crippen LogP contribution in [0.2, 0.25) is 0 Å². The summed E-state index contributed by atoms with van der Waals surface area (Å²) in [7, 11) is 0. The van der Waals surface area contributed by atoms with Crippen molar-refractivity contribution < 1.29 is 19.5 Å². The number of aliphatic carboxylic acids is 1. The molecule has 0 fully saturated rings. The quantitative estimate of drug-likeness (QED) is 0.704. The van der Waals surface area contributed by atoms with Gasteiger partial charge in [0, 0.05) is 18.4 Å². The maximum Gasteiger partial charge on any atom is 0.327 e. The molecule has 21 heavy (non-hydrogen) atoms. The molecule has 7 heteroatoms. The number of rotatable bonds is 7. The average molecular weight is 310 g/mol. The van der Waals surface area contributed by atoms with Gasteiger partial charge in [0.25, 0.3) is 0 Å². The van der Waals surface area contributed by atoms with Crippen LogP contribution in [0.4, 0.5) is 5.69 Å². The molecule has 0 aliphatic rings. The van der Waals surface area contributed by atoms with Gasteiger partial charge in [-0.15, -0.1) is 11.8 Å². The first-order chi connectivity index (χ1) is 9.88. The highest BCUT2D eigenvalue weighted by Crippen LogP contribution is 2.11. The number of carbonyl (C=O) groups is 3. The fraction of sp³-hybridized carbons (Fsp3) is 0.357. The molecule has 0 saturated carbocycles. The lowest BCUT2D eigenvalue weighted by molar-refractivity contribution is -0.140. The monoisotopic (exact) mass is 310 g/mol. The van der Waals surface area contributed by atoms with Gasteiger partial charge in [-0.3, -0.25) is 9.59 Å². The molecule has 0 radical (unpaired) electrons. The van der Waals surface area contributed by atoms with Gasteiger partial charge in [0.1, 0.15) is 6.04 Å². The largest absolute Gasteiger partial charge is 0.480 e. The third kappa shape index (κ3) is 6.80. The standard InChI is InChI=1S/C14H18N2O4S/c1-9-4-3-5-11(6-9)16-13(18)8-21-7-12(14(19)20)15-10(2)17/h3-6,12H,7-8H2,1-2H3,(H,15,17)(H,16,18)(H,19,20)/t12-/m0/s1. The highest BCUT2D eigenvalue weighted by atomic mass is 32.2. The molecule has 0 bridgehead atoms. The zero-order chi connectivity index (χ0) is 15.8. The SMILES string of the molecule is CC(=O)N[C@@H](CSCC(=O)Nc1cccc(C)c1)C(=O)O. The van der Waals surface area contributed by atoms with Gasteiger partial charge in [-0.05, 0) is 24.6 Å². The molecule has 6 nitrogen and oxygen atoms in total. The molecule has 0 aromatic heterocycles. The minimum atomic E-state index is -1.11. The van der Waals surface area contributed by atoms with E-state index in [1.807, 2.05) is 25.1 Å². The number of benzene rings is 1. The van der Waals surface area contributed by atoms with Gasteiger partial charge in [-0.1, -0.05) is 12.1 Å². The number of amides is 2. The maximum atomic E-state index is 11.7. The second-order valence-corrected chi connectivity index (χ2v) is 5.55. The van der Waals surface area contributed by atoms with Crippen molar-refractivity contribution >= 4 is 35.2 Å². The molecule has 0 aliphatic heterocycles. The fourth-order valence-electron chi connectivity index (χ4n) is 1.61. The van der Waals surface area contributed by atoms with Gasteiger partial charge < -0.3 is 15.7 Å². The van der Waals surface area contributed by atoms with Crippen molar-refractivity contribution in [1.29, 1.82) is 0 Å². The number of nitrogens with one attached hydrogen (secondary N) is 2. The minimum Gasteiger partial charge on any atom is -0.480 e. The Morgan fingerprint density at radius 3 is 2.62 bits per heavy atom. The predicted octanol–water partition coefficient (Wildman–Crippen LogP) is 1.26. The van der Waals surface area contributed by atoms with Crippen molar-refractivity contribution in [2.75, 3.05) is 16.8 Å². The highest BCUT2D eigenvalue weighted by molar-refractivity contribution is 8.00. The van der Waals surface area contributed by atoms with Gasteiger partial charge in [-0.2, -0.15) is 0 Å². The number of aryl methyl sites for hydroxylation is 1. The Bertz CT molecular complexity index is 533. The molecule has 0 spiro atoms. The maximum absolute atomic E-state index is 11.7. The number of carbonyl (C=O) groups excluding carboxylic acids is 2. The first-order valence-corrected chi connectivity index (χ1v) is 7.48. The number of carboxylic acids is 1. The lowest BCUT2D eigenvalue weighted by atomic mass is 10.2. The summed E-state index contributed by atoms with van der Waals surface area (Å²) in [5, 5.41) is 14.0. The minimum absolute atomic E-state index is 0.122. The van der Waals surface area contributed by atoms with Crippen molar-refractivity contribution in [3.63, 3.8) is 0 Å². The number of carboxylic acid groups (broad SMARTS) is 1. The molecule has 0 saturated heterocycles. The lowest BCUT2D eigenvalue weighted by Crippen LogP contribution is -2.41. The Morgan fingerprint density at radius 1 is 1.33 bits per heavy atom. The van der Waals surface area contributed by atoms with Crippen LogP contribution in [0, 0.1) is 6.92 Å². The molecular weight excluding hydrogens is 292 g/mol. The van der Waals surface area contributed by atoms with Gasteiger partial charge in [0.05, 0.1) is 5.75 Å². The van der Waals surface area contributed by atoms with Crippen molar-refractivity contribution in [3.05, 3.63) is 29.8 Å². The first kappa shape index (κ1) is 17.0. The zero-order valence-electron chi connectivity index (χ0n) is 11.9. The van der Waals surface area contributed by atoms with E-state index >= 15 is 0 Å². The molecule has 3 N–H and O–H groups in total. The summed E-state index contributed by atoms with van der Waals surface area (Å²) in [5.74, 6) is -1.48. The Kier molecular flexibility index (Phi) is 6.74. The second-order valence-electron chi connectivity index (χ2n) is 4.52. The molecule has 0 unspecified atom stereocenters. The number of thioether (sulfide) groups is 1. The van der Waals surface area contributed by atoms with E-state index in [0.717, 1.165) is 17.3 Å². The molecule has 1 aromatic carbocycles. The van der Waals surface area contributed by atoms with E-state index < -0.39 is 17.9 Å². The van der Waals surface area contributed by atoms with Crippen LogP contribution in [0.5, 0.6) is 0 Å². The molecule has 114 valence electrons. The van der Waals surface area contributed by atoms with Crippen LogP contribution in [0.25, 0.3) is 0 Å². The normalized spacial score (nSPS) is 11.5. The molecule has 0 aliphatic carbocycles. The van der Waals surface area contributed by atoms with Crippen molar-refractivity contribution in [2.24, 2.45) is 0 Å². The van der Waals surface area contributed by atoms with Crippen molar-refractivity contribution in [2.45, 2.75) is 19.9 Å². The summed E-state index contributed by atoms with van der Waals surface area (Å²) in [4.78, 5) is 33.5. The Hall–Kier alpha value is -2.02. The predicted molar refractivity (Wildman–Crippen MR) is 82.4 cm³/mol. The van der Waals surface area contributed by atoms with E-state index in [2.05, 4.69) is 10.6 Å². The van der Waals surface area contributed by atoms with E-state index in [9.17, 15) is 14.4 Å². The number of hydrogen-bond donors (Lipinski definition) is 3. The van der Waals surface area contributed by atoms with Gasteiger partial charge in [0.15, 0.2) is 0 Å². The van der Waals surface area contributed by atoms with E-state index in [-0.39, 0.29) is 17.4 Å². The summed E-state index contributed by atoms with van der Waals surface area (Å²) in [6.07, 6.45) is 0. The summed E-state index contributed by atoms with van der Waals surface area (Å²) >= 11 is 1.16. The topological polar surface area (TPSA) is 95.5 Å². The van der Waals surface area contributed by atoms with Gasteiger partial charge >= 0.3 is 5.97 Å². The molecule has 1 aromatic rings. The zero-order valence-corrected chi connectivity index (χ0v) is 12.7. The lowest BCUT2D eigenvalue weighted by Gasteiger charge is -2.12. The third-order valence-electron chi connectivity index (χ3n) is 2.50. The van der Waals surface area contributed by atoms with E-state index in [4.69, 9.17) is 5.11 Å². The fourth-order valence-corrected chi connectivity index (χ4v) is 2.45. The van der Waals surface area contributed by atoms with Crippen LogP contribution in [-0.2, 0) is 14.4 Å². The molecule has 1 rings (SSSR count). The first-order valence-electron chi connectivity index (χ1n) is 6.32. The Balaban J connectivity index is 2.38. The van der Waals surface area contributed by atoms with Gasteiger partial charge in [-0.25, -0.2) is 4.79 Å². The summed E-state index contributed by atoms with van der Waals surface area (Å²) < 4.78 is 0. The smallest absolute Gasteiger partial charge is 0.327 e. The Labute approximate surface area is 127 Å². The average Bonchev–Trinajstić information content (AvgIpc) is 2.36. The summed E-state index contributed by atoms with van der Waals surface area (Å²) in [6.45, 7) is 3.18. The number of hydrogen-bond acceptors (Lipinski definition) is 4. The summed E-state index contributed by atoms with van der Waals surface area (Å²) in [5.41, 5.74) is 1.74. The molecule has 0 heterocycles. The van der Waals surface area contributed by atoms with Crippen LogP contribution < -0.4 is 10.6 Å². The highest BCUT2D eigenvalue weighted by Gasteiger charge is 2.18. The van der Waals surface area contributed by atoms with Gasteiger partial charge in [0.2, 0.25) is 11.8 Å². The van der Waals surface area contributed by atoms with Crippen LogP contribution in [0.1, 0.15) is 12.5 Å². The van der Waals surface area contributed by atoms with Crippen LogP contribution in [0.3, 0.4) is 0 Å². The van der Waals surface area contributed by atoms with E-state index in [0.29, 0.717) is 5.69 Å². The molecule has 2 amide bonds.